The minimum Gasteiger partial charge on any atom is -0.386 e. The molecule has 12 aliphatic rings. The summed E-state index contributed by atoms with van der Waals surface area (Å²) in [5.74, 6) is -0.161. The van der Waals surface area contributed by atoms with Crippen molar-refractivity contribution in [2.75, 3.05) is 95.0 Å². The van der Waals surface area contributed by atoms with Gasteiger partial charge in [-0.2, -0.15) is 0 Å². The molecule has 4 amide bonds. The van der Waals surface area contributed by atoms with Gasteiger partial charge in [0.1, 0.15) is 0 Å². The summed E-state index contributed by atoms with van der Waals surface area (Å²) >= 11 is 0. The number of nitrogens with zero attached hydrogens (tertiary/aromatic N) is 8. The molecule has 0 bridgehead atoms. The van der Waals surface area contributed by atoms with E-state index >= 15 is 0 Å². The molecule has 4 aliphatic heterocycles. The summed E-state index contributed by atoms with van der Waals surface area (Å²) < 4.78 is 6.76. The number of rotatable bonds is 12. The average molecular weight is 1570 g/mol. The Balaban J connectivity index is 0.000000112. The van der Waals surface area contributed by atoms with Gasteiger partial charge in [0.25, 0.3) is 22.2 Å². The number of carbonyl (C=O) groups is 3. The fraction of sp³-hybridized carbons (Fsp3) is 0.433. The number of hydrogen-bond donors (Lipinski definition) is 5. The molecule has 20 rings (SSSR count). The van der Waals surface area contributed by atoms with Gasteiger partial charge >= 0.3 is 6.03 Å². The summed E-state index contributed by atoms with van der Waals surface area (Å²) in [7, 11) is 8.89. The number of allylic oxidation sites excluding steroid dienone is 4. The van der Waals surface area contributed by atoms with Gasteiger partial charge in [-0.25, -0.2) is 4.79 Å². The molecular formula is C97H112N12O8. The molecule has 0 unspecified atom stereocenters. The zero-order valence-electron chi connectivity index (χ0n) is 69.5. The first-order chi connectivity index (χ1) is 56.2. The van der Waals surface area contributed by atoms with E-state index in [9.17, 15) is 38.7 Å². The first-order valence-electron chi connectivity index (χ1n) is 42.6. The number of carbonyl (C=O) groups excluding carboxylic acids is 3. The summed E-state index contributed by atoms with van der Waals surface area (Å²) in [6.45, 7) is 15.2. The highest BCUT2D eigenvalue weighted by molar-refractivity contribution is 5.97. The lowest BCUT2D eigenvalue weighted by atomic mass is 9.89. The number of fused-ring (bicyclic) bond motifs is 4. The molecule has 117 heavy (non-hydrogen) atoms. The van der Waals surface area contributed by atoms with Gasteiger partial charge < -0.3 is 64.2 Å². The number of anilines is 7. The Labute approximate surface area is 685 Å². The van der Waals surface area contributed by atoms with Crippen LogP contribution in [0.1, 0.15) is 180 Å². The van der Waals surface area contributed by atoms with Crippen LogP contribution in [0.15, 0.2) is 141 Å². The van der Waals surface area contributed by atoms with Crippen molar-refractivity contribution in [2.45, 2.75) is 162 Å². The molecule has 5 N–H and O–H groups in total. The van der Waals surface area contributed by atoms with Crippen LogP contribution >= 0.6 is 0 Å². The lowest BCUT2D eigenvalue weighted by Gasteiger charge is -2.36. The monoisotopic (exact) mass is 1570 g/mol. The topological polar surface area (TPSA) is 221 Å². The van der Waals surface area contributed by atoms with Crippen molar-refractivity contribution in [2.24, 2.45) is 49.9 Å². The number of nitrogens with one attached hydrogen (secondary N) is 4. The zero-order valence-corrected chi connectivity index (χ0v) is 69.5. The highest BCUT2D eigenvalue weighted by Crippen LogP contribution is 2.58. The van der Waals surface area contributed by atoms with Crippen molar-refractivity contribution < 1.29 is 19.5 Å². The van der Waals surface area contributed by atoms with Crippen LogP contribution in [0.5, 0.6) is 0 Å². The van der Waals surface area contributed by atoms with Gasteiger partial charge in [-0.3, -0.25) is 28.8 Å². The average Bonchev–Trinajstić information content (AvgIpc) is 1.64. The van der Waals surface area contributed by atoms with Gasteiger partial charge in [-0.1, -0.05) is 54.7 Å². The SMILES string of the molecule is CC(=O)Nc1ccc(N2CCC3(CC2)CC3)c(-c2cn(C)c(=O)c3c2C=CC3)c1.CC(=O)Nc1ccc(N2CCC3(CC2)CC3)c(-c2cn(C)c(=O)c3c2C=CC3)c1.CNC(=O)Nc1ccc(N2CCC3(CC2)CC3)c(-c2cn(C)c(=O)c3c2C=CC3)c1.Cn1cc(-c2cc(C(C)(C)O)ccc2N2CCC3(CC2)CC3)c2c(c1=O)CC=C2. The number of amides is 4. The maximum atomic E-state index is 12.6. The second-order valence-corrected chi connectivity index (χ2v) is 36.3. The zero-order chi connectivity index (χ0) is 81.6. The maximum Gasteiger partial charge on any atom is 0.318 e. The van der Waals surface area contributed by atoms with Gasteiger partial charge in [0, 0.05) is 233 Å². The molecule has 4 saturated heterocycles. The Morgan fingerprint density at radius 1 is 0.350 bits per heavy atom. The van der Waals surface area contributed by atoms with E-state index in [2.05, 4.69) is 138 Å². The number of hydrogen-bond acceptors (Lipinski definition) is 12. The van der Waals surface area contributed by atoms with E-state index in [0.29, 0.717) is 47.3 Å². The lowest BCUT2D eigenvalue weighted by Crippen LogP contribution is -2.35. The third-order valence-electron chi connectivity index (χ3n) is 28.0. The number of pyridine rings is 4. The molecule has 0 atom stereocenters. The molecule has 8 heterocycles. The standard InChI is InChI=1S/C25H30N2O2.C24H28N4O2.2C24H27N3O2/c1-24(2,29)17-7-8-22(27-13-11-25(9-10-25)12-14-27)20(15-17)21-16-26(3)23(28)19-6-4-5-18(19)21;1-25-23(30)26-16-6-7-21(28-12-10-24(8-9-24)11-13-28)19(14-16)20-15-27(2)22(29)18-5-3-4-17(18)20;2*1-16(28)25-17-6-7-22(27-12-10-24(8-9-24)11-13-27)20(14-17)21-15-26(2)23(29)19-5-3-4-18(19)21/h4-5,7-8,15-16,29H,6,9-14H2,1-3H3;3-4,6-7,14-15H,5,8-13H2,1-2H3,(H2,25,26,30);2*3-4,6-7,14-15H,5,8-13H2,1-2H3,(H,25,28). The van der Waals surface area contributed by atoms with Crippen molar-refractivity contribution in [3.8, 4) is 44.5 Å². The summed E-state index contributed by atoms with van der Waals surface area (Å²) in [4.78, 5) is 95.5. The molecule has 4 spiro atoms. The van der Waals surface area contributed by atoms with Crippen molar-refractivity contribution in [3.63, 3.8) is 0 Å². The highest BCUT2D eigenvalue weighted by atomic mass is 16.3. The van der Waals surface area contributed by atoms with E-state index in [0.717, 1.165) is 164 Å². The molecule has 4 saturated carbocycles. The van der Waals surface area contributed by atoms with Gasteiger partial charge in [-0.05, 0) is 258 Å². The number of aromatic nitrogens is 4. The van der Waals surface area contributed by atoms with E-state index in [1.165, 1.54) is 139 Å². The molecule has 0 radical (unpaired) electrons. The Kier molecular flexibility index (Phi) is 20.7. The van der Waals surface area contributed by atoms with Crippen LogP contribution in [0.3, 0.4) is 0 Å². The van der Waals surface area contributed by atoms with E-state index in [1.807, 2.05) is 91.1 Å². The van der Waals surface area contributed by atoms with Crippen LogP contribution in [0.25, 0.3) is 68.8 Å². The Bertz CT molecular complexity index is 5550. The number of aliphatic hydroxyl groups is 1. The third-order valence-corrected chi connectivity index (χ3v) is 28.0. The molecule has 4 aromatic carbocycles. The Morgan fingerprint density at radius 3 is 0.838 bits per heavy atom. The van der Waals surface area contributed by atoms with E-state index in [-0.39, 0.29) is 40.1 Å². The number of benzene rings is 4. The van der Waals surface area contributed by atoms with Gasteiger partial charge in [0.05, 0.1) is 5.60 Å². The minimum atomic E-state index is -0.910. The second-order valence-electron chi connectivity index (χ2n) is 36.3. The van der Waals surface area contributed by atoms with Gasteiger partial charge in [0.2, 0.25) is 11.8 Å². The fourth-order valence-electron chi connectivity index (χ4n) is 19.8. The highest BCUT2D eigenvalue weighted by Gasteiger charge is 2.48. The van der Waals surface area contributed by atoms with Crippen molar-refractivity contribution in [3.05, 3.63) is 213 Å². The van der Waals surface area contributed by atoms with Crippen LogP contribution in [0.2, 0.25) is 0 Å². The molecule has 608 valence electrons. The normalized spacial score (nSPS) is 18.9. The van der Waals surface area contributed by atoms with Crippen LogP contribution in [-0.2, 0) is 69.1 Å². The van der Waals surface area contributed by atoms with Crippen molar-refractivity contribution in [1.29, 1.82) is 0 Å². The smallest absolute Gasteiger partial charge is 0.318 e. The predicted octanol–water partition coefficient (Wildman–Crippen LogP) is 15.9. The molecule has 8 aliphatic carbocycles. The molecule has 8 fully saturated rings. The lowest BCUT2D eigenvalue weighted by molar-refractivity contribution is -0.115. The molecule has 8 aromatic rings. The minimum absolute atomic E-state index is 0.0635. The van der Waals surface area contributed by atoms with Crippen LogP contribution in [0, 0.1) is 21.7 Å². The number of piperidine rings is 4. The molecule has 20 heteroatoms. The first kappa shape index (κ1) is 78.5. The van der Waals surface area contributed by atoms with Crippen molar-refractivity contribution in [1.82, 2.24) is 23.6 Å². The quantitative estimate of drug-likeness (QED) is 0.0771. The number of urea groups is 1. The predicted molar refractivity (Wildman–Crippen MR) is 474 cm³/mol. The van der Waals surface area contributed by atoms with Crippen LogP contribution < -0.4 is 63.1 Å². The third kappa shape index (κ3) is 15.9. The fourth-order valence-corrected chi connectivity index (χ4v) is 19.8. The van der Waals surface area contributed by atoms with Gasteiger partial charge in [0.15, 0.2) is 0 Å². The number of aryl methyl sites for hydroxylation is 4. The summed E-state index contributed by atoms with van der Waals surface area (Å²) in [5.41, 5.74) is 26.0. The van der Waals surface area contributed by atoms with Crippen LogP contribution in [-0.4, -0.2) is 101 Å². The van der Waals surface area contributed by atoms with E-state index in [4.69, 9.17) is 0 Å². The Hall–Kier alpha value is -11.0. The maximum absolute atomic E-state index is 12.6. The largest absolute Gasteiger partial charge is 0.386 e. The van der Waals surface area contributed by atoms with Crippen molar-refractivity contribution >= 4 is 82.0 Å². The summed E-state index contributed by atoms with van der Waals surface area (Å²) in [5, 5.41) is 22.0. The summed E-state index contributed by atoms with van der Waals surface area (Å²) in [6, 6.07) is 24.6. The molecular weight excluding hydrogens is 1460 g/mol. The second kappa shape index (κ2) is 30.8. The Morgan fingerprint density at radius 2 is 0.598 bits per heavy atom. The molecule has 20 nitrogen and oxygen atoms in total. The summed E-state index contributed by atoms with van der Waals surface area (Å²) in [6.07, 6.45) is 48.2. The van der Waals surface area contributed by atoms with E-state index in [1.54, 1.807) is 25.3 Å². The first-order valence-corrected chi connectivity index (χ1v) is 42.6. The molecule has 4 aromatic heterocycles. The van der Waals surface area contributed by atoms with E-state index < -0.39 is 5.60 Å². The van der Waals surface area contributed by atoms with Gasteiger partial charge in [-0.15, -0.1) is 0 Å². The van der Waals surface area contributed by atoms with Crippen LogP contribution in [0.4, 0.5) is 44.6 Å².